The van der Waals surface area contributed by atoms with Crippen molar-refractivity contribution < 1.29 is 28.5 Å². The van der Waals surface area contributed by atoms with Crippen LogP contribution in [0.1, 0.15) is 31.1 Å². The highest BCUT2D eigenvalue weighted by molar-refractivity contribution is 5.92. The number of methoxy groups -OCH3 is 2. The van der Waals surface area contributed by atoms with Crippen LogP contribution in [0.25, 0.3) is 0 Å². The fourth-order valence-corrected chi connectivity index (χ4v) is 2.20. The summed E-state index contributed by atoms with van der Waals surface area (Å²) in [4.78, 5) is 25.1. The van der Waals surface area contributed by atoms with E-state index in [9.17, 15) is 9.59 Å². The van der Waals surface area contributed by atoms with Crippen molar-refractivity contribution in [2.75, 3.05) is 27.3 Å². The van der Waals surface area contributed by atoms with Crippen LogP contribution < -0.4 is 9.47 Å². The third-order valence-corrected chi connectivity index (χ3v) is 3.38. The zero-order valence-electron chi connectivity index (χ0n) is 14.6. The monoisotopic (exact) mass is 337 g/mol. The second kappa shape index (κ2) is 6.98. The smallest absolute Gasteiger partial charge is 0.410 e. The molecule has 2 rings (SSSR count). The molecule has 0 atom stereocenters. The number of benzene rings is 1. The van der Waals surface area contributed by atoms with Crippen LogP contribution in [0, 0.1) is 0 Å². The Kier molecular flexibility index (Phi) is 5.21. The van der Waals surface area contributed by atoms with Gasteiger partial charge in [-0.25, -0.2) is 9.59 Å². The third-order valence-electron chi connectivity index (χ3n) is 3.38. The maximum absolute atomic E-state index is 11.9. The van der Waals surface area contributed by atoms with Gasteiger partial charge >= 0.3 is 12.1 Å². The van der Waals surface area contributed by atoms with Crippen LogP contribution in [0.4, 0.5) is 4.79 Å². The molecule has 0 unspecified atom stereocenters. The summed E-state index contributed by atoms with van der Waals surface area (Å²) in [6, 6.07) is 4.89. The highest BCUT2D eigenvalue weighted by Gasteiger charge is 2.35. The molecule has 0 bridgehead atoms. The van der Waals surface area contributed by atoms with E-state index in [1.165, 1.54) is 14.2 Å². The van der Waals surface area contributed by atoms with Gasteiger partial charge in [0.2, 0.25) is 0 Å². The summed E-state index contributed by atoms with van der Waals surface area (Å²) in [7, 11) is 2.78. The summed E-state index contributed by atoms with van der Waals surface area (Å²) < 4.78 is 21.0. The molecule has 1 aliphatic heterocycles. The van der Waals surface area contributed by atoms with E-state index in [1.807, 2.05) is 20.8 Å². The second-order valence-corrected chi connectivity index (χ2v) is 6.48. The number of hydrogen-bond donors (Lipinski definition) is 0. The molecule has 132 valence electrons. The lowest BCUT2D eigenvalue weighted by Crippen LogP contribution is -2.57. The fourth-order valence-electron chi connectivity index (χ4n) is 2.20. The molecule has 24 heavy (non-hydrogen) atoms. The molecule has 7 heteroatoms. The van der Waals surface area contributed by atoms with Gasteiger partial charge in [-0.15, -0.1) is 0 Å². The normalized spacial score (nSPS) is 14.6. The average molecular weight is 337 g/mol. The molecule has 0 aliphatic carbocycles. The quantitative estimate of drug-likeness (QED) is 0.786. The van der Waals surface area contributed by atoms with Crippen LogP contribution in [0.3, 0.4) is 0 Å². The number of rotatable bonds is 4. The van der Waals surface area contributed by atoms with Crippen LogP contribution in [-0.4, -0.2) is 56.0 Å². The number of likely N-dealkylation sites (tertiary alicyclic amines) is 1. The van der Waals surface area contributed by atoms with Gasteiger partial charge in [-0.1, -0.05) is 0 Å². The Hall–Kier alpha value is -2.44. The molecule has 0 radical (unpaired) electrons. The highest BCUT2D eigenvalue weighted by atomic mass is 16.6. The lowest BCUT2D eigenvalue weighted by Gasteiger charge is -2.39. The SMILES string of the molecule is COC(=O)c1ccc(OC2CN(C(=O)OC(C)(C)C)C2)cc1OC. The minimum Gasteiger partial charge on any atom is -0.496 e. The average Bonchev–Trinajstić information content (AvgIpc) is 2.47. The first-order valence-corrected chi connectivity index (χ1v) is 7.64. The standard InChI is InChI=1S/C17H23NO6/c1-17(2,3)24-16(20)18-9-12(10-18)23-11-6-7-13(15(19)22-5)14(8-11)21-4/h6-8,12H,9-10H2,1-5H3. The van der Waals surface area contributed by atoms with E-state index in [4.69, 9.17) is 18.9 Å². The molecule has 1 heterocycles. The van der Waals surface area contributed by atoms with Crippen LogP contribution in [0.15, 0.2) is 18.2 Å². The van der Waals surface area contributed by atoms with Crippen LogP contribution in [0.2, 0.25) is 0 Å². The fraction of sp³-hybridized carbons (Fsp3) is 0.529. The van der Waals surface area contributed by atoms with Crippen molar-refractivity contribution in [2.45, 2.75) is 32.5 Å². The number of amides is 1. The van der Waals surface area contributed by atoms with Gasteiger partial charge in [0.1, 0.15) is 28.8 Å². The maximum atomic E-state index is 11.9. The van der Waals surface area contributed by atoms with E-state index < -0.39 is 11.6 Å². The molecule has 1 saturated heterocycles. The molecule has 1 aromatic rings. The summed E-state index contributed by atoms with van der Waals surface area (Å²) in [6.45, 7) is 6.39. The topological polar surface area (TPSA) is 74.3 Å². The molecule has 1 amide bonds. The maximum Gasteiger partial charge on any atom is 0.410 e. The number of ether oxygens (including phenoxy) is 4. The largest absolute Gasteiger partial charge is 0.496 e. The Morgan fingerprint density at radius 1 is 1.17 bits per heavy atom. The lowest BCUT2D eigenvalue weighted by molar-refractivity contribution is -0.0222. The Balaban J connectivity index is 1.92. The van der Waals surface area contributed by atoms with E-state index in [-0.39, 0.29) is 12.2 Å². The number of carbonyl (C=O) groups is 2. The minimum absolute atomic E-state index is 0.119. The predicted octanol–water partition coefficient (Wildman–Crippen LogP) is 2.48. The number of hydrogen-bond acceptors (Lipinski definition) is 6. The summed E-state index contributed by atoms with van der Waals surface area (Å²) in [5.74, 6) is 0.467. The summed E-state index contributed by atoms with van der Waals surface area (Å²) in [5, 5.41) is 0. The molecular weight excluding hydrogens is 314 g/mol. The predicted molar refractivity (Wildman–Crippen MR) is 86.6 cm³/mol. The third kappa shape index (κ3) is 4.31. The van der Waals surface area contributed by atoms with E-state index in [2.05, 4.69) is 0 Å². The molecule has 1 aromatic carbocycles. The molecule has 1 fully saturated rings. The summed E-state index contributed by atoms with van der Waals surface area (Å²) in [6.07, 6.45) is -0.466. The zero-order valence-corrected chi connectivity index (χ0v) is 14.6. The summed E-state index contributed by atoms with van der Waals surface area (Å²) >= 11 is 0. The Bertz CT molecular complexity index is 616. The lowest BCUT2D eigenvalue weighted by atomic mass is 10.1. The zero-order chi connectivity index (χ0) is 17.9. The molecule has 0 N–H and O–H groups in total. The number of nitrogens with zero attached hydrogens (tertiary/aromatic N) is 1. The number of carbonyl (C=O) groups excluding carboxylic acids is 2. The van der Waals surface area contributed by atoms with Gasteiger partial charge in [0, 0.05) is 6.07 Å². The van der Waals surface area contributed by atoms with E-state index in [0.717, 1.165) is 0 Å². The summed E-state index contributed by atoms with van der Waals surface area (Å²) in [5.41, 5.74) is -0.184. The van der Waals surface area contributed by atoms with Crippen LogP contribution in [0.5, 0.6) is 11.5 Å². The molecule has 0 spiro atoms. The van der Waals surface area contributed by atoms with Crippen molar-refractivity contribution in [2.24, 2.45) is 0 Å². The molecule has 1 aliphatic rings. The molecule has 0 saturated carbocycles. The molecule has 0 aromatic heterocycles. The molecule has 7 nitrogen and oxygen atoms in total. The van der Waals surface area contributed by atoms with Crippen molar-refractivity contribution in [1.82, 2.24) is 4.90 Å². The minimum atomic E-state index is -0.514. The van der Waals surface area contributed by atoms with E-state index in [1.54, 1.807) is 23.1 Å². The van der Waals surface area contributed by atoms with Crippen molar-refractivity contribution in [3.8, 4) is 11.5 Å². The number of esters is 1. The van der Waals surface area contributed by atoms with Crippen LogP contribution >= 0.6 is 0 Å². The van der Waals surface area contributed by atoms with Crippen molar-refractivity contribution in [1.29, 1.82) is 0 Å². The molecular formula is C17H23NO6. The van der Waals surface area contributed by atoms with Gasteiger partial charge in [-0.2, -0.15) is 0 Å². The van der Waals surface area contributed by atoms with Crippen molar-refractivity contribution >= 4 is 12.1 Å². The first kappa shape index (κ1) is 17.9. The first-order valence-electron chi connectivity index (χ1n) is 7.64. The van der Waals surface area contributed by atoms with Gasteiger partial charge in [-0.3, -0.25) is 0 Å². The van der Waals surface area contributed by atoms with E-state index in [0.29, 0.717) is 30.2 Å². The van der Waals surface area contributed by atoms with Gasteiger partial charge in [0.15, 0.2) is 0 Å². The second-order valence-electron chi connectivity index (χ2n) is 6.48. The Labute approximate surface area is 141 Å². The highest BCUT2D eigenvalue weighted by Crippen LogP contribution is 2.27. The Morgan fingerprint density at radius 2 is 1.83 bits per heavy atom. The van der Waals surface area contributed by atoms with Gasteiger partial charge < -0.3 is 23.8 Å². The van der Waals surface area contributed by atoms with Crippen molar-refractivity contribution in [3.63, 3.8) is 0 Å². The first-order chi connectivity index (χ1) is 11.2. The van der Waals surface area contributed by atoms with Crippen molar-refractivity contribution in [3.05, 3.63) is 23.8 Å². The van der Waals surface area contributed by atoms with Gasteiger partial charge in [0.25, 0.3) is 0 Å². The van der Waals surface area contributed by atoms with E-state index >= 15 is 0 Å². The van der Waals surface area contributed by atoms with Gasteiger partial charge in [-0.05, 0) is 32.9 Å². The van der Waals surface area contributed by atoms with Crippen LogP contribution in [-0.2, 0) is 9.47 Å². The Morgan fingerprint density at radius 3 is 2.38 bits per heavy atom. The van der Waals surface area contributed by atoms with Gasteiger partial charge in [0.05, 0.1) is 27.3 Å².